The quantitative estimate of drug-likeness (QED) is 0.479. The molecule has 0 saturated carbocycles. The summed E-state index contributed by atoms with van der Waals surface area (Å²) in [6.07, 6.45) is 1.83. The number of likely N-dealkylation sites (tertiary alicyclic amines) is 1. The van der Waals surface area contributed by atoms with Crippen molar-refractivity contribution in [3.8, 4) is 0 Å². The second kappa shape index (κ2) is 6.94. The first-order valence-electron chi connectivity index (χ1n) is 3.82. The van der Waals surface area contributed by atoms with E-state index in [0.29, 0.717) is 6.54 Å². The molecule has 0 aromatic heterocycles. The van der Waals surface area contributed by atoms with Crippen molar-refractivity contribution >= 4 is 0 Å². The molecule has 1 rings (SSSR count). The molecule has 1 saturated heterocycles. The fourth-order valence-corrected chi connectivity index (χ4v) is 1.28. The van der Waals surface area contributed by atoms with Crippen LogP contribution in [-0.4, -0.2) is 37.3 Å². The van der Waals surface area contributed by atoms with Gasteiger partial charge >= 0.3 is 51.4 Å². The molecule has 0 amide bonds. The van der Waals surface area contributed by atoms with E-state index >= 15 is 0 Å². The second-order valence-corrected chi connectivity index (χ2v) is 2.80. The maximum atomic E-state index is 11.8. The number of nitrogens with zero attached hydrogens (tertiary/aromatic N) is 1. The van der Waals surface area contributed by atoms with Crippen molar-refractivity contribution < 1.29 is 55.8 Å². The van der Waals surface area contributed by atoms with Crippen molar-refractivity contribution in [2.75, 3.05) is 26.3 Å². The number of piperidine rings is 1. The molecule has 4 heteroatoms. The van der Waals surface area contributed by atoms with Gasteiger partial charge in [0, 0.05) is 6.54 Å². The predicted molar refractivity (Wildman–Crippen MR) is 39.8 cm³/mol. The summed E-state index contributed by atoms with van der Waals surface area (Å²) in [5.41, 5.74) is 7.37. The molecule has 0 unspecified atom stereocenters. The van der Waals surface area contributed by atoms with E-state index in [0.717, 1.165) is 25.9 Å². The van der Waals surface area contributed by atoms with Gasteiger partial charge < -0.3 is 10.6 Å². The van der Waals surface area contributed by atoms with Crippen molar-refractivity contribution in [3.05, 3.63) is 5.73 Å². The van der Waals surface area contributed by atoms with Crippen molar-refractivity contribution in [2.45, 2.75) is 18.9 Å². The Labute approximate surface area is 110 Å². The van der Waals surface area contributed by atoms with Gasteiger partial charge in [-0.05, 0) is 13.1 Å². The molecule has 0 radical (unpaired) electrons. The van der Waals surface area contributed by atoms with Gasteiger partial charge in [-0.15, -0.1) is 6.04 Å². The minimum Gasteiger partial charge on any atom is -0.675 e. The third-order valence-electron chi connectivity index (χ3n) is 1.99. The van der Waals surface area contributed by atoms with Gasteiger partial charge in [-0.25, -0.2) is 4.39 Å². The van der Waals surface area contributed by atoms with E-state index in [-0.39, 0.29) is 64.1 Å². The van der Waals surface area contributed by atoms with Crippen LogP contribution in [0.5, 0.6) is 0 Å². The van der Waals surface area contributed by atoms with E-state index in [1.807, 2.05) is 0 Å². The molecule has 1 heterocycles. The zero-order valence-corrected chi connectivity index (χ0v) is 10.3. The Balaban J connectivity index is 0.000001000. The minimum absolute atomic E-state index is 0. The maximum Gasteiger partial charge on any atom is 1.00 e. The van der Waals surface area contributed by atoms with Gasteiger partial charge in [-0.1, -0.05) is 12.8 Å². The molecule has 1 N–H and O–H groups in total. The molecule has 1 aliphatic rings. The molecular formula is C7H14FKN2. The van der Waals surface area contributed by atoms with Crippen LogP contribution in [0.25, 0.3) is 5.73 Å². The average Bonchev–Trinajstić information content (AvgIpc) is 1.95. The Morgan fingerprint density at radius 2 is 1.91 bits per heavy atom. The van der Waals surface area contributed by atoms with E-state index in [4.69, 9.17) is 5.73 Å². The zero-order chi connectivity index (χ0) is 7.40. The molecule has 0 aromatic carbocycles. The third kappa shape index (κ3) is 4.93. The first-order valence-corrected chi connectivity index (χ1v) is 3.82. The number of halogens is 1. The molecule has 60 valence electrons. The summed E-state index contributed by atoms with van der Waals surface area (Å²) in [6, 6.07) is 0.107. The van der Waals surface area contributed by atoms with Crippen molar-refractivity contribution in [1.29, 1.82) is 0 Å². The molecule has 0 atom stereocenters. The SMILES string of the molecule is [K+].[NH-]C1CCN(CCF)CC1. The van der Waals surface area contributed by atoms with Crippen LogP contribution in [-0.2, 0) is 0 Å². The first-order chi connectivity index (χ1) is 4.83. The Bertz CT molecular complexity index is 94.4. The van der Waals surface area contributed by atoms with Crippen molar-refractivity contribution in [1.82, 2.24) is 4.90 Å². The summed E-state index contributed by atoms with van der Waals surface area (Å²) in [6.45, 7) is 2.14. The molecular weight excluding hydrogens is 170 g/mol. The number of nitrogens with one attached hydrogen (secondary N) is 1. The van der Waals surface area contributed by atoms with Crippen LogP contribution in [0, 0.1) is 0 Å². The molecule has 0 bridgehead atoms. The summed E-state index contributed by atoms with van der Waals surface area (Å²) in [5.74, 6) is 0. The summed E-state index contributed by atoms with van der Waals surface area (Å²) < 4.78 is 11.8. The Kier molecular flexibility index (Phi) is 7.88. The van der Waals surface area contributed by atoms with Crippen LogP contribution in [0.4, 0.5) is 4.39 Å². The van der Waals surface area contributed by atoms with Crippen LogP contribution in [0.1, 0.15) is 12.8 Å². The van der Waals surface area contributed by atoms with E-state index in [1.54, 1.807) is 0 Å². The van der Waals surface area contributed by atoms with E-state index in [1.165, 1.54) is 0 Å². The average molecular weight is 184 g/mol. The minimum atomic E-state index is -0.247. The fraction of sp³-hybridized carbons (Fsp3) is 1.00. The number of rotatable bonds is 2. The van der Waals surface area contributed by atoms with Gasteiger partial charge in [0.1, 0.15) is 6.67 Å². The van der Waals surface area contributed by atoms with Crippen molar-refractivity contribution in [2.24, 2.45) is 0 Å². The first kappa shape index (κ1) is 12.5. The summed E-state index contributed by atoms with van der Waals surface area (Å²) >= 11 is 0. The topological polar surface area (TPSA) is 27.0 Å². The molecule has 0 aromatic rings. The maximum absolute atomic E-state index is 11.8. The summed E-state index contributed by atoms with van der Waals surface area (Å²) in [4.78, 5) is 2.09. The number of alkyl halides is 1. The van der Waals surface area contributed by atoms with Gasteiger partial charge in [0.05, 0.1) is 0 Å². The Hall–Kier alpha value is 1.49. The molecule has 0 aliphatic carbocycles. The Morgan fingerprint density at radius 1 is 1.36 bits per heavy atom. The molecule has 1 aliphatic heterocycles. The monoisotopic (exact) mass is 184 g/mol. The zero-order valence-electron chi connectivity index (χ0n) is 7.15. The molecule has 2 nitrogen and oxygen atoms in total. The fourth-order valence-electron chi connectivity index (χ4n) is 1.28. The normalized spacial score (nSPS) is 21.3. The van der Waals surface area contributed by atoms with E-state index in [2.05, 4.69) is 4.90 Å². The van der Waals surface area contributed by atoms with Crippen LogP contribution >= 0.6 is 0 Å². The molecule has 1 fully saturated rings. The largest absolute Gasteiger partial charge is 1.00 e. The molecule has 0 spiro atoms. The second-order valence-electron chi connectivity index (χ2n) is 2.80. The smallest absolute Gasteiger partial charge is 0.675 e. The standard InChI is InChI=1S/C7H14FN2.K/c8-3-6-10-4-1-7(9)2-5-10;/h7,9H,1-6H2;/q-1;+1. The predicted octanol–water partition coefficient (Wildman–Crippen LogP) is -1.52. The van der Waals surface area contributed by atoms with Crippen LogP contribution in [0.15, 0.2) is 0 Å². The van der Waals surface area contributed by atoms with Crippen LogP contribution in [0.2, 0.25) is 0 Å². The van der Waals surface area contributed by atoms with Gasteiger partial charge in [0.2, 0.25) is 0 Å². The van der Waals surface area contributed by atoms with Gasteiger partial charge in [-0.3, -0.25) is 0 Å². The third-order valence-corrected chi connectivity index (χ3v) is 1.99. The van der Waals surface area contributed by atoms with Crippen LogP contribution in [0.3, 0.4) is 0 Å². The van der Waals surface area contributed by atoms with Gasteiger partial charge in [0.15, 0.2) is 0 Å². The van der Waals surface area contributed by atoms with Crippen LogP contribution < -0.4 is 51.4 Å². The summed E-state index contributed by atoms with van der Waals surface area (Å²) in [5, 5.41) is 0. The van der Waals surface area contributed by atoms with Gasteiger partial charge in [-0.2, -0.15) is 0 Å². The van der Waals surface area contributed by atoms with E-state index in [9.17, 15) is 4.39 Å². The number of hydrogen-bond acceptors (Lipinski definition) is 1. The number of hydrogen-bond donors (Lipinski definition) is 0. The van der Waals surface area contributed by atoms with Gasteiger partial charge in [0.25, 0.3) is 0 Å². The van der Waals surface area contributed by atoms with Crippen molar-refractivity contribution in [3.63, 3.8) is 0 Å². The summed E-state index contributed by atoms with van der Waals surface area (Å²) in [7, 11) is 0. The van der Waals surface area contributed by atoms with E-state index < -0.39 is 0 Å². The Morgan fingerprint density at radius 3 is 2.36 bits per heavy atom. The molecule has 11 heavy (non-hydrogen) atoms.